The first kappa shape index (κ1) is 15.0. The zero-order valence-corrected chi connectivity index (χ0v) is 13.6. The van der Waals surface area contributed by atoms with Gasteiger partial charge in [0.1, 0.15) is 0 Å². The first-order valence-corrected chi connectivity index (χ1v) is 9.71. The van der Waals surface area contributed by atoms with E-state index in [4.69, 9.17) is 0 Å². The molecule has 2 aliphatic rings. The Morgan fingerprint density at radius 1 is 1.19 bits per heavy atom. The van der Waals surface area contributed by atoms with Crippen LogP contribution >= 0.6 is 0 Å². The Bertz CT molecular complexity index is 603. The van der Waals surface area contributed by atoms with Crippen LogP contribution in [0.5, 0.6) is 0 Å². The van der Waals surface area contributed by atoms with Gasteiger partial charge in [0, 0.05) is 12.6 Å². The van der Waals surface area contributed by atoms with Crippen LogP contribution in [0.2, 0.25) is 0 Å². The first-order valence-electron chi connectivity index (χ1n) is 8.05. The maximum absolute atomic E-state index is 12.2. The first-order chi connectivity index (χ1) is 10.0. The molecule has 1 atom stereocenters. The molecule has 0 radical (unpaired) electrons. The van der Waals surface area contributed by atoms with Gasteiger partial charge in [-0.1, -0.05) is 44.4 Å². The summed E-state index contributed by atoms with van der Waals surface area (Å²) in [5.41, 5.74) is 1.34. The highest BCUT2D eigenvalue weighted by Gasteiger charge is 2.32. The Kier molecular flexibility index (Phi) is 4.10. The van der Waals surface area contributed by atoms with Crippen molar-refractivity contribution in [3.8, 4) is 0 Å². The summed E-state index contributed by atoms with van der Waals surface area (Å²) in [7, 11) is -3.07. The van der Waals surface area contributed by atoms with Gasteiger partial charge in [0.2, 0.25) is 0 Å². The summed E-state index contributed by atoms with van der Waals surface area (Å²) in [4.78, 5) is 0.530. The number of benzene rings is 1. The minimum Gasteiger partial charge on any atom is -0.309 e. The van der Waals surface area contributed by atoms with Crippen molar-refractivity contribution in [2.45, 2.75) is 56.4 Å². The van der Waals surface area contributed by atoms with Crippen LogP contribution in [-0.4, -0.2) is 20.7 Å². The summed E-state index contributed by atoms with van der Waals surface area (Å²) in [6, 6.07) is 7.66. The van der Waals surface area contributed by atoms with Gasteiger partial charge in [0.15, 0.2) is 9.84 Å². The van der Waals surface area contributed by atoms with Crippen molar-refractivity contribution in [2.75, 3.05) is 12.3 Å². The molecule has 1 heterocycles. The van der Waals surface area contributed by atoms with Crippen LogP contribution in [0.4, 0.5) is 0 Å². The molecule has 0 amide bonds. The molecule has 0 spiro atoms. The van der Waals surface area contributed by atoms with Gasteiger partial charge in [0.05, 0.1) is 10.6 Å². The van der Waals surface area contributed by atoms with E-state index in [1.807, 2.05) is 18.2 Å². The van der Waals surface area contributed by atoms with E-state index >= 15 is 0 Å². The SMILES string of the molecule is CC1(CNC2CCS(=O)(=O)c3ccccc32)CCCCC1. The lowest BCUT2D eigenvalue weighted by molar-refractivity contribution is 0.199. The number of fused-ring (bicyclic) bond motifs is 1. The van der Waals surface area contributed by atoms with E-state index in [-0.39, 0.29) is 11.8 Å². The van der Waals surface area contributed by atoms with Crippen LogP contribution in [0.25, 0.3) is 0 Å². The van der Waals surface area contributed by atoms with Crippen LogP contribution < -0.4 is 5.32 Å². The van der Waals surface area contributed by atoms with Gasteiger partial charge in [-0.15, -0.1) is 0 Å². The van der Waals surface area contributed by atoms with Gasteiger partial charge in [-0.2, -0.15) is 0 Å². The van der Waals surface area contributed by atoms with Crippen LogP contribution in [0.15, 0.2) is 29.2 Å². The van der Waals surface area contributed by atoms with Crippen molar-refractivity contribution in [1.82, 2.24) is 5.32 Å². The minimum atomic E-state index is -3.07. The van der Waals surface area contributed by atoms with Gasteiger partial charge in [-0.05, 0) is 36.3 Å². The van der Waals surface area contributed by atoms with Crippen LogP contribution in [0, 0.1) is 5.41 Å². The largest absolute Gasteiger partial charge is 0.309 e. The van der Waals surface area contributed by atoms with Crippen LogP contribution in [0.1, 0.15) is 57.1 Å². The average Bonchev–Trinajstić information content (AvgIpc) is 2.47. The highest BCUT2D eigenvalue weighted by atomic mass is 32.2. The molecule has 4 heteroatoms. The fraction of sp³-hybridized carbons (Fsp3) is 0.647. The number of nitrogens with one attached hydrogen (secondary N) is 1. The monoisotopic (exact) mass is 307 g/mol. The fourth-order valence-electron chi connectivity index (χ4n) is 3.75. The van der Waals surface area contributed by atoms with Crippen molar-refractivity contribution in [3.63, 3.8) is 0 Å². The zero-order chi connectivity index (χ0) is 14.9. The molecule has 1 unspecified atom stereocenters. The van der Waals surface area contributed by atoms with E-state index in [1.54, 1.807) is 6.07 Å². The second-order valence-electron chi connectivity index (χ2n) is 6.95. The molecule has 116 valence electrons. The molecule has 1 aliphatic heterocycles. The van der Waals surface area contributed by atoms with Gasteiger partial charge in [-0.25, -0.2) is 8.42 Å². The van der Waals surface area contributed by atoms with Gasteiger partial charge < -0.3 is 5.32 Å². The summed E-state index contributed by atoms with van der Waals surface area (Å²) in [5, 5.41) is 3.66. The smallest absolute Gasteiger partial charge is 0.178 e. The number of hydrogen-bond acceptors (Lipinski definition) is 3. The standard InChI is InChI=1S/C17H25NO2S/c1-17(10-5-2-6-11-17)13-18-15-9-12-21(19,20)16-8-4-3-7-14(15)16/h3-4,7-8,15,18H,2,5-6,9-13H2,1H3. The van der Waals surface area contributed by atoms with Gasteiger partial charge >= 0.3 is 0 Å². The molecule has 0 saturated heterocycles. The number of hydrogen-bond donors (Lipinski definition) is 1. The Morgan fingerprint density at radius 3 is 2.67 bits per heavy atom. The zero-order valence-electron chi connectivity index (χ0n) is 12.8. The second kappa shape index (κ2) is 5.73. The maximum atomic E-state index is 12.2. The lowest BCUT2D eigenvalue weighted by atomic mass is 9.75. The van der Waals surface area contributed by atoms with Crippen molar-refractivity contribution >= 4 is 9.84 Å². The number of sulfone groups is 1. The normalized spacial score (nSPS) is 27.0. The third-order valence-electron chi connectivity index (χ3n) is 5.14. The summed E-state index contributed by atoms with van der Waals surface area (Å²) in [6.45, 7) is 3.36. The lowest BCUT2D eigenvalue weighted by Crippen LogP contribution is -2.38. The second-order valence-corrected chi connectivity index (χ2v) is 9.03. The van der Waals surface area contributed by atoms with E-state index < -0.39 is 9.84 Å². The van der Waals surface area contributed by atoms with Crippen molar-refractivity contribution in [1.29, 1.82) is 0 Å². The van der Waals surface area contributed by atoms with Gasteiger partial charge in [-0.3, -0.25) is 0 Å². The lowest BCUT2D eigenvalue weighted by Gasteiger charge is -2.36. The summed E-state index contributed by atoms with van der Waals surface area (Å²) < 4.78 is 24.3. The molecular weight excluding hydrogens is 282 g/mol. The Hall–Kier alpha value is -0.870. The van der Waals surface area contributed by atoms with E-state index in [2.05, 4.69) is 12.2 Å². The molecule has 1 fully saturated rings. The molecule has 1 aromatic carbocycles. The molecule has 3 rings (SSSR count). The molecule has 3 nitrogen and oxygen atoms in total. The van der Waals surface area contributed by atoms with Crippen molar-refractivity contribution < 1.29 is 8.42 Å². The highest BCUT2D eigenvalue weighted by molar-refractivity contribution is 7.91. The molecule has 0 aromatic heterocycles. The Balaban J connectivity index is 1.75. The third kappa shape index (κ3) is 3.16. The van der Waals surface area contributed by atoms with Crippen LogP contribution in [0.3, 0.4) is 0 Å². The molecule has 1 saturated carbocycles. The molecule has 1 N–H and O–H groups in total. The minimum absolute atomic E-state index is 0.184. The average molecular weight is 307 g/mol. The van der Waals surface area contributed by atoms with E-state index in [9.17, 15) is 8.42 Å². The topological polar surface area (TPSA) is 46.2 Å². The fourth-order valence-corrected chi connectivity index (χ4v) is 5.38. The number of rotatable bonds is 3. The Labute approximate surface area is 128 Å². The summed E-state index contributed by atoms with van der Waals surface area (Å²) >= 11 is 0. The highest BCUT2D eigenvalue weighted by Crippen LogP contribution is 2.37. The summed E-state index contributed by atoms with van der Waals surface area (Å²) in [5.74, 6) is 0.262. The van der Waals surface area contributed by atoms with Crippen LogP contribution in [-0.2, 0) is 9.84 Å². The Morgan fingerprint density at radius 2 is 1.90 bits per heavy atom. The molecule has 0 bridgehead atoms. The molecular formula is C17H25NO2S. The van der Waals surface area contributed by atoms with E-state index in [0.29, 0.717) is 16.7 Å². The van der Waals surface area contributed by atoms with Crippen molar-refractivity contribution in [3.05, 3.63) is 29.8 Å². The van der Waals surface area contributed by atoms with E-state index in [0.717, 1.165) is 12.1 Å². The molecule has 1 aliphatic carbocycles. The molecule has 21 heavy (non-hydrogen) atoms. The quantitative estimate of drug-likeness (QED) is 0.930. The summed E-state index contributed by atoms with van der Waals surface area (Å²) in [6.07, 6.45) is 7.27. The molecule has 1 aromatic rings. The maximum Gasteiger partial charge on any atom is 0.178 e. The predicted molar refractivity (Wildman–Crippen MR) is 85.0 cm³/mol. The van der Waals surface area contributed by atoms with E-state index in [1.165, 1.54) is 32.1 Å². The van der Waals surface area contributed by atoms with Crippen molar-refractivity contribution in [2.24, 2.45) is 5.41 Å². The predicted octanol–water partition coefficient (Wildman–Crippen LogP) is 3.47. The van der Waals surface area contributed by atoms with Gasteiger partial charge in [0.25, 0.3) is 0 Å². The third-order valence-corrected chi connectivity index (χ3v) is 6.96.